The van der Waals surface area contributed by atoms with E-state index in [1.54, 1.807) is 6.20 Å². The molecule has 0 bridgehead atoms. The van der Waals surface area contributed by atoms with E-state index in [2.05, 4.69) is 44.1 Å². The van der Waals surface area contributed by atoms with Crippen molar-refractivity contribution >= 4 is 44.6 Å². The van der Waals surface area contributed by atoms with E-state index < -0.39 is 0 Å². The second-order valence-electron chi connectivity index (χ2n) is 3.17. The van der Waals surface area contributed by atoms with Gasteiger partial charge in [-0.25, -0.2) is 4.98 Å². The van der Waals surface area contributed by atoms with Crippen molar-refractivity contribution in [3.05, 3.63) is 34.6 Å². The van der Waals surface area contributed by atoms with E-state index in [0.717, 1.165) is 27.5 Å². The van der Waals surface area contributed by atoms with Crippen LogP contribution in [0.3, 0.4) is 0 Å². The Balaban J connectivity index is 2.39. The predicted octanol–water partition coefficient (Wildman–Crippen LogP) is 3.97. The zero-order valence-electron chi connectivity index (χ0n) is 8.00. The van der Waals surface area contributed by atoms with Crippen LogP contribution in [0.25, 0.3) is 17.1 Å². The molecule has 15 heavy (non-hydrogen) atoms. The summed E-state index contributed by atoms with van der Waals surface area (Å²) < 4.78 is 0.988. The van der Waals surface area contributed by atoms with Crippen LogP contribution in [0.15, 0.2) is 29.0 Å². The number of H-pyrrole nitrogens is 1. The van der Waals surface area contributed by atoms with Crippen LogP contribution in [-0.4, -0.2) is 15.8 Å². The summed E-state index contributed by atoms with van der Waals surface area (Å²) >= 11 is 9.02. The number of fused-ring (bicyclic) bond motifs is 1. The molecule has 2 heterocycles. The molecule has 0 saturated carbocycles. The molecule has 0 amide bonds. The second-order valence-corrected chi connectivity index (χ2v) is 4.47. The SMILES string of the molecule is ClCCC=Cc1c[nH]c2ncc(Br)cc12. The van der Waals surface area contributed by atoms with Crippen LogP contribution in [-0.2, 0) is 0 Å². The lowest BCUT2D eigenvalue weighted by molar-refractivity contribution is 1.24. The molecule has 0 fully saturated rings. The number of halogens is 2. The molecule has 2 aromatic rings. The summed E-state index contributed by atoms with van der Waals surface area (Å²) in [5.41, 5.74) is 2.05. The van der Waals surface area contributed by atoms with E-state index in [1.807, 2.05) is 6.20 Å². The second kappa shape index (κ2) is 4.81. The number of hydrogen-bond donors (Lipinski definition) is 1. The average Bonchev–Trinajstić information content (AvgIpc) is 2.62. The fraction of sp³-hybridized carbons (Fsp3) is 0.182. The van der Waals surface area contributed by atoms with Crippen molar-refractivity contribution < 1.29 is 0 Å². The van der Waals surface area contributed by atoms with Crippen molar-refractivity contribution in [1.82, 2.24) is 9.97 Å². The van der Waals surface area contributed by atoms with Gasteiger partial charge in [0, 0.05) is 33.7 Å². The molecule has 0 atom stereocenters. The van der Waals surface area contributed by atoms with Crippen molar-refractivity contribution in [3.8, 4) is 0 Å². The number of nitrogens with zero attached hydrogens (tertiary/aromatic N) is 1. The van der Waals surface area contributed by atoms with Gasteiger partial charge in [0.25, 0.3) is 0 Å². The van der Waals surface area contributed by atoms with Crippen LogP contribution in [0.5, 0.6) is 0 Å². The first kappa shape index (κ1) is 10.7. The predicted molar refractivity (Wildman–Crippen MR) is 68.2 cm³/mol. The Morgan fingerprint density at radius 1 is 1.53 bits per heavy atom. The third-order valence-electron chi connectivity index (χ3n) is 2.10. The molecule has 2 nitrogen and oxygen atoms in total. The maximum Gasteiger partial charge on any atom is 0.137 e. The molecule has 78 valence electrons. The fourth-order valence-corrected chi connectivity index (χ4v) is 1.87. The molecule has 0 radical (unpaired) electrons. The minimum Gasteiger partial charge on any atom is -0.346 e. The van der Waals surface area contributed by atoms with Gasteiger partial charge in [-0.2, -0.15) is 0 Å². The van der Waals surface area contributed by atoms with Crippen LogP contribution in [0.1, 0.15) is 12.0 Å². The number of hydrogen-bond acceptors (Lipinski definition) is 1. The van der Waals surface area contributed by atoms with E-state index in [9.17, 15) is 0 Å². The molecule has 0 aliphatic carbocycles. The van der Waals surface area contributed by atoms with Crippen LogP contribution in [0.2, 0.25) is 0 Å². The summed E-state index contributed by atoms with van der Waals surface area (Å²) in [7, 11) is 0. The normalized spacial score (nSPS) is 11.6. The molecule has 2 rings (SSSR count). The molecule has 0 aromatic carbocycles. The van der Waals surface area contributed by atoms with Crippen molar-refractivity contribution in [1.29, 1.82) is 0 Å². The maximum atomic E-state index is 5.61. The Morgan fingerprint density at radius 2 is 2.40 bits per heavy atom. The Labute approximate surface area is 101 Å². The lowest BCUT2D eigenvalue weighted by Crippen LogP contribution is -1.76. The van der Waals surface area contributed by atoms with E-state index in [1.165, 1.54) is 0 Å². The number of pyridine rings is 1. The third kappa shape index (κ3) is 2.41. The third-order valence-corrected chi connectivity index (χ3v) is 2.75. The first-order valence-electron chi connectivity index (χ1n) is 4.66. The van der Waals surface area contributed by atoms with Gasteiger partial charge in [0.1, 0.15) is 5.65 Å². The molecule has 1 N–H and O–H groups in total. The minimum absolute atomic E-state index is 0.654. The lowest BCUT2D eigenvalue weighted by atomic mass is 10.2. The molecule has 0 aliphatic rings. The standard InChI is InChI=1S/C11H10BrClN2/c12-9-5-10-8(3-1-2-4-13)6-14-11(10)15-7-9/h1,3,5-7H,2,4H2,(H,14,15). The average molecular weight is 286 g/mol. The number of aromatic nitrogens is 2. The summed E-state index contributed by atoms with van der Waals surface area (Å²) in [5.74, 6) is 0.654. The van der Waals surface area contributed by atoms with Crippen LogP contribution in [0.4, 0.5) is 0 Å². The van der Waals surface area contributed by atoms with Gasteiger partial charge in [0.2, 0.25) is 0 Å². The maximum absolute atomic E-state index is 5.61. The highest BCUT2D eigenvalue weighted by molar-refractivity contribution is 9.10. The van der Waals surface area contributed by atoms with Gasteiger partial charge in [-0.15, -0.1) is 11.6 Å². The highest BCUT2D eigenvalue weighted by Crippen LogP contribution is 2.21. The zero-order chi connectivity index (χ0) is 10.7. The van der Waals surface area contributed by atoms with Crippen LogP contribution >= 0.6 is 27.5 Å². The zero-order valence-corrected chi connectivity index (χ0v) is 10.3. The first-order chi connectivity index (χ1) is 7.31. The van der Waals surface area contributed by atoms with E-state index in [-0.39, 0.29) is 0 Å². The summed E-state index contributed by atoms with van der Waals surface area (Å²) in [5, 5.41) is 1.12. The largest absolute Gasteiger partial charge is 0.346 e. The van der Waals surface area contributed by atoms with E-state index in [0.29, 0.717) is 5.88 Å². The summed E-state index contributed by atoms with van der Waals surface area (Å²) in [6.07, 6.45) is 8.75. The molecule has 0 aliphatic heterocycles. The highest BCUT2D eigenvalue weighted by atomic mass is 79.9. The fourth-order valence-electron chi connectivity index (χ4n) is 1.41. The summed E-state index contributed by atoms with van der Waals surface area (Å²) in [6.45, 7) is 0. The molecular weight excluding hydrogens is 275 g/mol. The number of allylic oxidation sites excluding steroid dienone is 1. The summed E-state index contributed by atoms with van der Waals surface area (Å²) in [4.78, 5) is 7.39. The molecular formula is C11H10BrClN2. The molecule has 2 aromatic heterocycles. The first-order valence-corrected chi connectivity index (χ1v) is 5.99. The van der Waals surface area contributed by atoms with Gasteiger partial charge in [0.15, 0.2) is 0 Å². The molecule has 0 unspecified atom stereocenters. The number of aromatic amines is 1. The number of nitrogens with one attached hydrogen (secondary N) is 1. The van der Waals surface area contributed by atoms with Gasteiger partial charge in [-0.3, -0.25) is 0 Å². The van der Waals surface area contributed by atoms with Crippen LogP contribution in [0, 0.1) is 0 Å². The minimum atomic E-state index is 0.654. The smallest absolute Gasteiger partial charge is 0.137 e. The van der Waals surface area contributed by atoms with Gasteiger partial charge in [0.05, 0.1) is 0 Å². The topological polar surface area (TPSA) is 28.7 Å². The van der Waals surface area contributed by atoms with Gasteiger partial charge in [-0.1, -0.05) is 12.2 Å². The summed E-state index contributed by atoms with van der Waals surface area (Å²) in [6, 6.07) is 2.05. The van der Waals surface area contributed by atoms with Gasteiger partial charge < -0.3 is 4.98 Å². The van der Waals surface area contributed by atoms with E-state index in [4.69, 9.17) is 11.6 Å². The lowest BCUT2D eigenvalue weighted by Gasteiger charge is -1.92. The Morgan fingerprint density at radius 3 is 3.20 bits per heavy atom. The molecule has 0 spiro atoms. The number of rotatable bonds is 3. The van der Waals surface area contributed by atoms with Crippen molar-refractivity contribution in [3.63, 3.8) is 0 Å². The monoisotopic (exact) mass is 284 g/mol. The highest BCUT2D eigenvalue weighted by Gasteiger charge is 2.01. The molecule has 4 heteroatoms. The quantitative estimate of drug-likeness (QED) is 0.849. The van der Waals surface area contributed by atoms with Crippen molar-refractivity contribution in [2.75, 3.05) is 5.88 Å². The van der Waals surface area contributed by atoms with Gasteiger partial charge in [-0.05, 0) is 28.4 Å². The molecule has 0 saturated heterocycles. The number of alkyl halides is 1. The Hall–Kier alpha value is -0.800. The van der Waals surface area contributed by atoms with Crippen LogP contribution < -0.4 is 0 Å². The Bertz CT molecular complexity index is 490. The van der Waals surface area contributed by atoms with Crippen molar-refractivity contribution in [2.24, 2.45) is 0 Å². The van der Waals surface area contributed by atoms with Gasteiger partial charge >= 0.3 is 0 Å². The van der Waals surface area contributed by atoms with Crippen molar-refractivity contribution in [2.45, 2.75) is 6.42 Å². The Kier molecular flexibility index (Phi) is 3.44. The van der Waals surface area contributed by atoms with E-state index >= 15 is 0 Å².